The summed E-state index contributed by atoms with van der Waals surface area (Å²) in [5.74, 6) is -0.0137. The highest BCUT2D eigenvalue weighted by molar-refractivity contribution is 5.89. The summed E-state index contributed by atoms with van der Waals surface area (Å²) in [5, 5.41) is 35.3. The number of rotatable bonds is 5. The molecule has 3 N–H and O–H groups in total. The molecule has 7 rings (SSSR count). The van der Waals surface area contributed by atoms with Crippen LogP contribution in [0.4, 0.5) is 0 Å². The molecular weight excluding hydrogens is 708 g/mol. The first-order valence-corrected chi connectivity index (χ1v) is 21.1. The number of ketones is 1. The van der Waals surface area contributed by atoms with Crippen molar-refractivity contribution in [3.05, 3.63) is 0 Å². The number of carbonyl (C=O) groups is 3. The Morgan fingerprint density at radius 3 is 2.24 bits per heavy atom. The Labute approximate surface area is 327 Å². The summed E-state index contributed by atoms with van der Waals surface area (Å²) >= 11 is 0. The number of carbonyl (C=O) groups excluding carboxylic acids is 3. The van der Waals surface area contributed by atoms with Gasteiger partial charge in [-0.05, 0) is 115 Å². The first kappa shape index (κ1) is 41.5. The highest BCUT2D eigenvalue weighted by Crippen LogP contribution is 2.71. The molecule has 0 aromatic carbocycles. The van der Waals surface area contributed by atoms with Crippen LogP contribution >= 0.6 is 0 Å². The van der Waals surface area contributed by atoms with Gasteiger partial charge in [0.25, 0.3) is 0 Å². The summed E-state index contributed by atoms with van der Waals surface area (Å²) in [6.07, 6.45) is -1.40. The van der Waals surface area contributed by atoms with Crippen molar-refractivity contribution < 1.29 is 58.1 Å². The SMILES string of the molecule is C[C@@H]1CC[C@@]2(OC1)O[C@H]1C[C@H]3[C@@H]4CC(=O)[C@@]5(O)C[C@@H](O[C@@H]6O[C@H](COC(=O)C(C)(C)C)[C@@H](O)[C@H](OC(=O)C(C)(C)C)[C@H]6O)CC[C@]5(C)[C@H]4CC[C@]3(C)[C@H]1[C@@H]2C. The van der Waals surface area contributed by atoms with Gasteiger partial charge in [-0.1, -0.05) is 27.7 Å². The van der Waals surface area contributed by atoms with E-state index in [1.54, 1.807) is 41.5 Å². The summed E-state index contributed by atoms with van der Waals surface area (Å²) in [7, 11) is 0. The van der Waals surface area contributed by atoms with E-state index in [0.29, 0.717) is 37.0 Å². The third-order valence-corrected chi connectivity index (χ3v) is 15.7. The summed E-state index contributed by atoms with van der Waals surface area (Å²) in [6, 6.07) is 0. The summed E-state index contributed by atoms with van der Waals surface area (Å²) in [5.41, 5.74) is -4.02. The molecule has 7 aliphatic rings. The zero-order valence-electron chi connectivity index (χ0n) is 34.8. The quantitative estimate of drug-likeness (QED) is 0.250. The summed E-state index contributed by atoms with van der Waals surface area (Å²) < 4.78 is 37.0. The predicted molar refractivity (Wildman–Crippen MR) is 199 cm³/mol. The molecule has 4 saturated carbocycles. The van der Waals surface area contributed by atoms with Gasteiger partial charge in [-0.15, -0.1) is 0 Å². The fourth-order valence-electron chi connectivity index (χ4n) is 12.3. The lowest BCUT2D eigenvalue weighted by Crippen LogP contribution is -2.68. The number of ether oxygens (including phenoxy) is 6. The van der Waals surface area contributed by atoms with Crippen molar-refractivity contribution in [3.8, 4) is 0 Å². The Hall–Kier alpha value is -1.67. The van der Waals surface area contributed by atoms with Gasteiger partial charge in [0, 0.05) is 30.6 Å². The highest BCUT2D eigenvalue weighted by Gasteiger charge is 2.72. The van der Waals surface area contributed by atoms with E-state index in [9.17, 15) is 29.7 Å². The molecule has 0 unspecified atom stereocenters. The molecule has 3 saturated heterocycles. The number of hydrogen-bond acceptors (Lipinski definition) is 12. The van der Waals surface area contributed by atoms with Crippen molar-refractivity contribution in [1.29, 1.82) is 0 Å². The topological polar surface area (TPSA) is 167 Å². The third kappa shape index (κ3) is 6.73. The predicted octanol–water partition coefficient (Wildman–Crippen LogP) is 5.11. The van der Waals surface area contributed by atoms with Crippen molar-refractivity contribution in [3.63, 3.8) is 0 Å². The maximum atomic E-state index is 14.4. The molecule has 0 aromatic rings. The van der Waals surface area contributed by atoms with Gasteiger partial charge in [0.15, 0.2) is 24.0 Å². The maximum absolute atomic E-state index is 14.4. The van der Waals surface area contributed by atoms with Crippen LogP contribution in [0.15, 0.2) is 0 Å². The average Bonchev–Trinajstić information content (AvgIpc) is 3.54. The molecule has 12 heteroatoms. The van der Waals surface area contributed by atoms with E-state index in [-0.39, 0.29) is 48.1 Å². The zero-order chi connectivity index (χ0) is 40.3. The minimum atomic E-state index is -1.64. The monoisotopic (exact) mass is 776 g/mol. The van der Waals surface area contributed by atoms with Gasteiger partial charge >= 0.3 is 11.9 Å². The fourth-order valence-corrected chi connectivity index (χ4v) is 12.3. The Kier molecular flexibility index (Phi) is 10.5. The Morgan fingerprint density at radius 2 is 1.60 bits per heavy atom. The van der Waals surface area contributed by atoms with Crippen LogP contribution in [0.25, 0.3) is 0 Å². The van der Waals surface area contributed by atoms with Gasteiger partial charge in [0.05, 0.1) is 29.6 Å². The lowest BCUT2D eigenvalue weighted by atomic mass is 9.42. The number of esters is 2. The third-order valence-electron chi connectivity index (χ3n) is 15.7. The van der Waals surface area contributed by atoms with Gasteiger partial charge in [0.2, 0.25) is 0 Å². The molecule has 3 aliphatic heterocycles. The molecule has 312 valence electrons. The molecule has 17 atom stereocenters. The average molecular weight is 777 g/mol. The van der Waals surface area contributed by atoms with E-state index in [2.05, 4.69) is 27.7 Å². The largest absolute Gasteiger partial charge is 0.462 e. The van der Waals surface area contributed by atoms with E-state index in [1.807, 2.05) is 0 Å². The van der Waals surface area contributed by atoms with E-state index in [1.165, 1.54) is 0 Å². The minimum absolute atomic E-state index is 0.0251. The first-order valence-electron chi connectivity index (χ1n) is 21.1. The van der Waals surface area contributed by atoms with Crippen molar-refractivity contribution in [1.82, 2.24) is 0 Å². The standard InChI is InChI=1S/C43H68O12/c1-22-11-16-43(51-20-22)23(2)31-28(55-43)18-27-25-17-30(44)42(49)19-24(12-15-41(42,10)26(25)13-14-40(27,31)9)52-35-33(46)34(54-37(48)39(6,7)8)32(45)29(53-35)21-50-36(47)38(3,4)5/h22-29,31-35,45-46,49H,11-21H2,1-10H3/t22-,23+,24+,25-,26+,27+,28+,29-,31+,32-,33-,34+,35-,40+,41-,42+,43-/m1/s1. The van der Waals surface area contributed by atoms with Gasteiger partial charge in [0.1, 0.15) is 30.5 Å². The van der Waals surface area contributed by atoms with Gasteiger partial charge in [-0.3, -0.25) is 14.4 Å². The molecular formula is C43H68O12. The Balaban J connectivity index is 1.06. The van der Waals surface area contributed by atoms with Crippen molar-refractivity contribution >= 4 is 17.7 Å². The normalized spacial score (nSPS) is 49.8. The molecule has 1 spiro atoms. The maximum Gasteiger partial charge on any atom is 0.311 e. The Morgan fingerprint density at radius 1 is 0.909 bits per heavy atom. The van der Waals surface area contributed by atoms with Gasteiger partial charge < -0.3 is 43.7 Å². The Bertz CT molecular complexity index is 1490. The molecule has 4 aliphatic carbocycles. The van der Waals surface area contributed by atoms with Crippen molar-refractivity contribution in [2.45, 2.75) is 181 Å². The number of fused-ring (bicyclic) bond motifs is 7. The molecule has 0 bridgehead atoms. The van der Waals surface area contributed by atoms with Crippen LogP contribution in [0.2, 0.25) is 0 Å². The molecule has 55 heavy (non-hydrogen) atoms. The minimum Gasteiger partial charge on any atom is -0.462 e. The number of Topliss-reactive ketones (excluding diaryl/α,β-unsaturated/α-hetero) is 1. The summed E-state index contributed by atoms with van der Waals surface area (Å²) in [4.78, 5) is 40.0. The lowest BCUT2D eigenvalue weighted by Gasteiger charge is -2.63. The molecule has 0 aromatic heterocycles. The van der Waals surface area contributed by atoms with Crippen LogP contribution in [-0.2, 0) is 42.8 Å². The molecule has 12 nitrogen and oxygen atoms in total. The number of aliphatic hydroxyl groups excluding tert-OH is 2. The van der Waals surface area contributed by atoms with Gasteiger partial charge in [-0.2, -0.15) is 0 Å². The van der Waals surface area contributed by atoms with Crippen molar-refractivity contribution in [2.24, 2.45) is 57.2 Å². The van der Waals surface area contributed by atoms with E-state index < -0.39 is 76.4 Å². The second kappa shape index (κ2) is 14.0. The van der Waals surface area contributed by atoms with E-state index in [4.69, 9.17) is 28.4 Å². The second-order valence-corrected chi connectivity index (χ2v) is 21.3. The van der Waals surface area contributed by atoms with E-state index >= 15 is 0 Å². The molecule has 3 heterocycles. The van der Waals surface area contributed by atoms with Crippen LogP contribution in [0.3, 0.4) is 0 Å². The molecule has 0 amide bonds. The summed E-state index contributed by atoms with van der Waals surface area (Å²) in [6.45, 7) is 19.5. The van der Waals surface area contributed by atoms with E-state index in [0.717, 1.165) is 38.7 Å². The zero-order valence-corrected chi connectivity index (χ0v) is 34.8. The molecule has 0 radical (unpaired) electrons. The van der Waals surface area contributed by atoms with Crippen molar-refractivity contribution in [2.75, 3.05) is 13.2 Å². The van der Waals surface area contributed by atoms with Crippen LogP contribution in [0.5, 0.6) is 0 Å². The number of hydrogen-bond donors (Lipinski definition) is 3. The van der Waals surface area contributed by atoms with Crippen LogP contribution in [-0.4, -0.2) is 101 Å². The smallest absolute Gasteiger partial charge is 0.311 e. The molecule has 7 fully saturated rings. The van der Waals surface area contributed by atoms with Gasteiger partial charge in [-0.25, -0.2) is 0 Å². The van der Waals surface area contributed by atoms with Crippen LogP contribution in [0.1, 0.15) is 127 Å². The number of aliphatic hydroxyl groups is 3. The fraction of sp³-hybridized carbons (Fsp3) is 0.930. The highest BCUT2D eigenvalue weighted by atomic mass is 16.7. The lowest BCUT2D eigenvalue weighted by molar-refractivity contribution is -0.323. The van der Waals surface area contributed by atoms with Crippen LogP contribution < -0.4 is 0 Å². The first-order chi connectivity index (χ1) is 25.4. The second-order valence-electron chi connectivity index (χ2n) is 21.3. The van der Waals surface area contributed by atoms with Crippen LogP contribution in [0, 0.1) is 57.2 Å².